The van der Waals surface area contributed by atoms with Gasteiger partial charge in [-0.3, -0.25) is 15.0 Å². The molecule has 6 heteroatoms. The second kappa shape index (κ2) is 3.97. The molecule has 1 heterocycles. The maximum atomic E-state index is 11.8. The first kappa shape index (κ1) is 12.3. The van der Waals surface area contributed by atoms with Crippen LogP contribution in [-0.2, 0) is 11.2 Å². The number of nitrogens with zero attached hydrogens (tertiary/aromatic N) is 2. The number of carbonyl (C=O) groups excluding carboxylic acids is 1. The standard InChI is InChI=1S/C12H14N2O4/c1-12(2)7-8-6-9(14(16)17)4-5-10(8)13(3)11(15)18-12/h4-6H,7H2,1-3H3. The second-order valence-corrected chi connectivity index (χ2v) is 4.93. The summed E-state index contributed by atoms with van der Waals surface area (Å²) in [7, 11) is 1.59. The number of nitro groups is 1. The number of hydrogen-bond acceptors (Lipinski definition) is 4. The zero-order chi connectivity index (χ0) is 13.5. The number of fused-ring (bicyclic) bond motifs is 1. The summed E-state index contributed by atoms with van der Waals surface area (Å²) in [5, 5.41) is 10.8. The van der Waals surface area contributed by atoms with Crippen LogP contribution in [0.1, 0.15) is 19.4 Å². The van der Waals surface area contributed by atoms with Gasteiger partial charge in [0.15, 0.2) is 0 Å². The van der Waals surface area contributed by atoms with Crippen LogP contribution in [0.3, 0.4) is 0 Å². The summed E-state index contributed by atoms with van der Waals surface area (Å²) in [6.07, 6.45) is -0.00676. The van der Waals surface area contributed by atoms with Crippen LogP contribution < -0.4 is 4.90 Å². The van der Waals surface area contributed by atoms with Crippen LogP contribution in [0, 0.1) is 10.1 Å². The zero-order valence-corrected chi connectivity index (χ0v) is 10.5. The van der Waals surface area contributed by atoms with Gasteiger partial charge in [0.05, 0.1) is 10.6 Å². The fraction of sp³-hybridized carbons (Fsp3) is 0.417. The molecule has 0 radical (unpaired) electrons. The lowest BCUT2D eigenvalue weighted by molar-refractivity contribution is -0.384. The highest BCUT2D eigenvalue weighted by atomic mass is 16.6. The van der Waals surface area contributed by atoms with E-state index in [1.165, 1.54) is 17.0 Å². The summed E-state index contributed by atoms with van der Waals surface area (Å²) in [6.45, 7) is 3.57. The Kier molecular flexibility index (Phi) is 2.73. The highest BCUT2D eigenvalue weighted by molar-refractivity contribution is 5.89. The molecule has 2 rings (SSSR count). The largest absolute Gasteiger partial charge is 0.443 e. The minimum Gasteiger partial charge on any atom is -0.443 e. The van der Waals surface area contributed by atoms with E-state index in [0.29, 0.717) is 12.1 Å². The molecule has 1 aromatic carbocycles. The van der Waals surface area contributed by atoms with E-state index in [1.54, 1.807) is 27.0 Å². The van der Waals surface area contributed by atoms with E-state index in [9.17, 15) is 14.9 Å². The Morgan fingerprint density at radius 1 is 1.44 bits per heavy atom. The van der Waals surface area contributed by atoms with E-state index in [1.807, 2.05) is 0 Å². The molecule has 96 valence electrons. The summed E-state index contributed by atoms with van der Waals surface area (Å²) in [4.78, 5) is 23.5. The predicted molar refractivity (Wildman–Crippen MR) is 65.8 cm³/mol. The Bertz CT molecular complexity index is 525. The van der Waals surface area contributed by atoms with Gasteiger partial charge in [0, 0.05) is 25.6 Å². The maximum Gasteiger partial charge on any atom is 0.414 e. The van der Waals surface area contributed by atoms with Gasteiger partial charge in [0.25, 0.3) is 5.69 Å². The number of amides is 1. The van der Waals surface area contributed by atoms with Crippen LogP contribution in [0.15, 0.2) is 18.2 Å². The molecule has 0 aliphatic carbocycles. The van der Waals surface area contributed by atoms with E-state index in [4.69, 9.17) is 4.74 Å². The van der Waals surface area contributed by atoms with Crippen molar-refractivity contribution in [2.45, 2.75) is 25.9 Å². The molecule has 1 aliphatic rings. The molecule has 1 aromatic rings. The van der Waals surface area contributed by atoms with Crippen molar-refractivity contribution in [2.24, 2.45) is 0 Å². The monoisotopic (exact) mass is 250 g/mol. The average molecular weight is 250 g/mol. The molecule has 0 saturated carbocycles. The van der Waals surface area contributed by atoms with Crippen LogP contribution >= 0.6 is 0 Å². The highest BCUT2D eigenvalue weighted by Gasteiger charge is 2.32. The van der Waals surface area contributed by atoms with Crippen LogP contribution in [0.5, 0.6) is 0 Å². The third kappa shape index (κ3) is 2.13. The zero-order valence-electron chi connectivity index (χ0n) is 10.5. The van der Waals surface area contributed by atoms with Crippen molar-refractivity contribution in [1.82, 2.24) is 0 Å². The number of cyclic esters (lactones) is 1. The van der Waals surface area contributed by atoms with Gasteiger partial charge in [0.2, 0.25) is 0 Å². The Labute approximate surface area is 104 Å². The van der Waals surface area contributed by atoms with Gasteiger partial charge < -0.3 is 4.74 Å². The molecule has 0 aromatic heterocycles. The predicted octanol–water partition coefficient (Wildman–Crippen LogP) is 2.50. The molecular formula is C12H14N2O4. The first-order valence-electron chi connectivity index (χ1n) is 5.54. The van der Waals surface area contributed by atoms with Gasteiger partial charge in [-0.1, -0.05) is 0 Å². The minimum absolute atomic E-state index is 0.0206. The molecule has 0 atom stereocenters. The van der Waals surface area contributed by atoms with Gasteiger partial charge in [-0.2, -0.15) is 0 Å². The number of carbonyl (C=O) groups is 1. The summed E-state index contributed by atoms with van der Waals surface area (Å²) in [5.74, 6) is 0. The number of ether oxygens (including phenoxy) is 1. The molecule has 0 saturated heterocycles. The topological polar surface area (TPSA) is 72.7 Å². The van der Waals surface area contributed by atoms with Crippen LogP contribution in [0.25, 0.3) is 0 Å². The third-order valence-electron chi connectivity index (χ3n) is 2.89. The Morgan fingerprint density at radius 3 is 2.72 bits per heavy atom. The van der Waals surface area contributed by atoms with Crippen molar-refractivity contribution in [2.75, 3.05) is 11.9 Å². The summed E-state index contributed by atoms with van der Waals surface area (Å²) in [6, 6.07) is 4.46. The SMILES string of the molecule is CN1C(=O)OC(C)(C)Cc2cc([N+](=O)[O-])ccc21. The van der Waals surface area contributed by atoms with Crippen molar-refractivity contribution in [3.05, 3.63) is 33.9 Å². The van der Waals surface area contributed by atoms with Crippen molar-refractivity contribution >= 4 is 17.5 Å². The van der Waals surface area contributed by atoms with E-state index >= 15 is 0 Å². The number of rotatable bonds is 1. The number of hydrogen-bond donors (Lipinski definition) is 0. The molecule has 1 amide bonds. The first-order valence-corrected chi connectivity index (χ1v) is 5.54. The van der Waals surface area contributed by atoms with Gasteiger partial charge in [0.1, 0.15) is 5.60 Å². The number of nitro benzene ring substituents is 1. The fourth-order valence-corrected chi connectivity index (χ4v) is 2.05. The molecule has 0 N–H and O–H groups in total. The average Bonchev–Trinajstić information content (AvgIpc) is 2.33. The van der Waals surface area contributed by atoms with Gasteiger partial charge in [-0.25, -0.2) is 4.79 Å². The smallest absolute Gasteiger partial charge is 0.414 e. The van der Waals surface area contributed by atoms with Crippen molar-refractivity contribution < 1.29 is 14.5 Å². The maximum absolute atomic E-state index is 11.8. The summed E-state index contributed by atoms with van der Waals surface area (Å²) >= 11 is 0. The van der Waals surface area contributed by atoms with Crippen molar-refractivity contribution in [1.29, 1.82) is 0 Å². The quantitative estimate of drug-likeness (QED) is 0.567. The van der Waals surface area contributed by atoms with Crippen molar-refractivity contribution in [3.63, 3.8) is 0 Å². The summed E-state index contributed by atoms with van der Waals surface area (Å²) < 4.78 is 5.31. The Morgan fingerprint density at radius 2 is 2.11 bits per heavy atom. The van der Waals surface area contributed by atoms with Gasteiger partial charge >= 0.3 is 6.09 Å². The highest BCUT2D eigenvalue weighted by Crippen LogP contribution is 2.33. The molecule has 18 heavy (non-hydrogen) atoms. The molecule has 0 fully saturated rings. The molecule has 0 spiro atoms. The van der Waals surface area contributed by atoms with Crippen LogP contribution in [0.2, 0.25) is 0 Å². The molecule has 6 nitrogen and oxygen atoms in total. The summed E-state index contributed by atoms with van der Waals surface area (Å²) in [5.41, 5.74) is 0.734. The number of benzene rings is 1. The van der Waals surface area contributed by atoms with Crippen LogP contribution in [0.4, 0.5) is 16.2 Å². The molecule has 1 aliphatic heterocycles. The van der Waals surface area contributed by atoms with E-state index in [2.05, 4.69) is 0 Å². The third-order valence-corrected chi connectivity index (χ3v) is 2.89. The Hall–Kier alpha value is -2.11. The minimum atomic E-state index is -0.675. The molecule has 0 bridgehead atoms. The van der Waals surface area contributed by atoms with E-state index < -0.39 is 16.6 Å². The lowest BCUT2D eigenvalue weighted by Gasteiger charge is -2.22. The molecular weight excluding hydrogens is 236 g/mol. The number of anilines is 1. The lowest BCUT2D eigenvalue weighted by Crippen LogP contribution is -2.33. The fourth-order valence-electron chi connectivity index (χ4n) is 2.05. The first-order chi connectivity index (χ1) is 8.30. The Balaban J connectivity index is 2.54. The van der Waals surface area contributed by atoms with E-state index in [0.717, 1.165) is 5.56 Å². The molecule has 0 unspecified atom stereocenters. The van der Waals surface area contributed by atoms with Crippen molar-refractivity contribution in [3.8, 4) is 0 Å². The van der Waals surface area contributed by atoms with Gasteiger partial charge in [-0.15, -0.1) is 0 Å². The number of non-ortho nitro benzene ring substituents is 1. The van der Waals surface area contributed by atoms with Gasteiger partial charge in [-0.05, 0) is 25.5 Å². The van der Waals surface area contributed by atoms with Crippen LogP contribution in [-0.4, -0.2) is 23.7 Å². The lowest BCUT2D eigenvalue weighted by atomic mass is 9.97. The normalized spacial score (nSPS) is 17.7. The van der Waals surface area contributed by atoms with E-state index in [-0.39, 0.29) is 5.69 Å². The second-order valence-electron chi connectivity index (χ2n) is 4.93.